The number of halogens is 2. The minimum atomic E-state index is -3.74. The lowest BCUT2D eigenvalue weighted by molar-refractivity contribution is 0.0322. The topological polar surface area (TPSA) is 93.5 Å². The van der Waals surface area contributed by atoms with Crippen LogP contribution in [0.15, 0.2) is 18.2 Å². The van der Waals surface area contributed by atoms with Gasteiger partial charge in [0.25, 0.3) is 10.2 Å². The molecular weight excluding hydrogens is 337 g/mol. The molecule has 1 fully saturated rings. The van der Waals surface area contributed by atoms with Crippen LogP contribution in [-0.4, -0.2) is 34.7 Å². The van der Waals surface area contributed by atoms with Crippen LogP contribution in [0.1, 0.15) is 11.7 Å². The average molecular weight is 354 g/mol. The van der Waals surface area contributed by atoms with Crippen molar-refractivity contribution in [1.29, 1.82) is 0 Å². The molecule has 0 aromatic heterocycles. The fourth-order valence-corrected chi connectivity index (χ4v) is 3.00. The summed E-state index contributed by atoms with van der Waals surface area (Å²) in [6.07, 6.45) is -0.288. The van der Waals surface area contributed by atoms with Gasteiger partial charge in [-0.15, -0.1) is 0 Å². The third kappa shape index (κ3) is 5.07. The van der Waals surface area contributed by atoms with Gasteiger partial charge in [0.1, 0.15) is 0 Å². The normalized spacial score (nSPS) is 23.8. The first-order chi connectivity index (χ1) is 9.87. The monoisotopic (exact) mass is 353 g/mol. The Morgan fingerprint density at radius 3 is 2.81 bits per heavy atom. The molecule has 0 bridgehead atoms. The van der Waals surface area contributed by atoms with E-state index in [0.717, 1.165) is 5.56 Å². The Balaban J connectivity index is 2.20. The van der Waals surface area contributed by atoms with Gasteiger partial charge in [0, 0.05) is 25.6 Å². The molecule has 0 aliphatic carbocycles. The lowest BCUT2D eigenvalue weighted by Gasteiger charge is -2.25. The molecule has 1 aromatic carbocycles. The number of hydrogen-bond acceptors (Lipinski definition) is 4. The van der Waals surface area contributed by atoms with Gasteiger partial charge in [-0.05, 0) is 17.7 Å². The van der Waals surface area contributed by atoms with Gasteiger partial charge in [0.15, 0.2) is 0 Å². The fraction of sp³-hybridized carbons (Fsp3) is 0.500. The van der Waals surface area contributed by atoms with Crippen molar-refractivity contribution in [3.8, 4) is 0 Å². The Kier molecular flexibility index (Phi) is 5.84. The van der Waals surface area contributed by atoms with Crippen molar-refractivity contribution < 1.29 is 13.2 Å². The van der Waals surface area contributed by atoms with E-state index in [4.69, 9.17) is 33.1 Å². The van der Waals surface area contributed by atoms with Crippen molar-refractivity contribution in [3.63, 3.8) is 0 Å². The lowest BCUT2D eigenvalue weighted by atomic mass is 9.95. The predicted octanol–water partition coefficient (Wildman–Crippen LogP) is 1.06. The second-order valence-corrected chi connectivity index (χ2v) is 7.02. The first-order valence-corrected chi connectivity index (χ1v) is 8.71. The maximum Gasteiger partial charge on any atom is 0.274 e. The molecule has 0 amide bonds. The van der Waals surface area contributed by atoms with Gasteiger partial charge in [-0.3, -0.25) is 0 Å². The third-order valence-electron chi connectivity index (χ3n) is 3.23. The van der Waals surface area contributed by atoms with E-state index >= 15 is 0 Å². The van der Waals surface area contributed by atoms with Crippen molar-refractivity contribution >= 4 is 33.4 Å². The minimum absolute atomic E-state index is 0.108. The molecule has 2 rings (SSSR count). The third-order valence-corrected chi connectivity index (χ3v) is 4.54. The standard InChI is InChI=1S/C12H17Cl2N3O3S/c13-10-2-1-8(5-11(10)14)12-9(6-16-3-4-20-12)7-17-21(15,18)19/h1-2,5,9,12,16-17H,3-4,6-7H2,(H2,15,18,19)/t9-,12+/m0/s1. The molecule has 9 heteroatoms. The lowest BCUT2D eigenvalue weighted by Crippen LogP contribution is -2.39. The van der Waals surface area contributed by atoms with E-state index in [1.807, 2.05) is 6.07 Å². The average Bonchev–Trinajstić information content (AvgIpc) is 2.64. The smallest absolute Gasteiger partial charge is 0.274 e. The minimum Gasteiger partial charge on any atom is -0.372 e. The highest BCUT2D eigenvalue weighted by molar-refractivity contribution is 7.87. The van der Waals surface area contributed by atoms with Gasteiger partial charge in [-0.2, -0.15) is 8.42 Å². The van der Waals surface area contributed by atoms with E-state index in [-0.39, 0.29) is 18.6 Å². The zero-order valence-corrected chi connectivity index (χ0v) is 13.5. The van der Waals surface area contributed by atoms with E-state index in [1.165, 1.54) is 0 Å². The maximum absolute atomic E-state index is 11.1. The molecule has 21 heavy (non-hydrogen) atoms. The summed E-state index contributed by atoms with van der Waals surface area (Å²) in [5, 5.41) is 9.08. The summed E-state index contributed by atoms with van der Waals surface area (Å²) >= 11 is 12.0. The fourth-order valence-electron chi connectivity index (χ4n) is 2.25. The molecule has 1 saturated heterocycles. The van der Waals surface area contributed by atoms with Crippen LogP contribution in [0.25, 0.3) is 0 Å². The SMILES string of the molecule is NS(=O)(=O)NC[C@@H]1CNCCO[C@@H]1c1ccc(Cl)c(Cl)c1. The maximum atomic E-state index is 11.1. The van der Waals surface area contributed by atoms with Crippen LogP contribution in [0, 0.1) is 5.92 Å². The predicted molar refractivity (Wildman–Crippen MR) is 82.6 cm³/mol. The van der Waals surface area contributed by atoms with Gasteiger partial charge < -0.3 is 10.1 Å². The largest absolute Gasteiger partial charge is 0.372 e. The van der Waals surface area contributed by atoms with Crippen LogP contribution in [-0.2, 0) is 14.9 Å². The Bertz CT molecular complexity index is 597. The van der Waals surface area contributed by atoms with E-state index in [0.29, 0.717) is 29.7 Å². The molecule has 118 valence electrons. The molecular formula is C12H17Cl2N3O3S. The molecule has 2 atom stereocenters. The summed E-state index contributed by atoms with van der Waals surface area (Å²) in [6.45, 7) is 2.00. The first kappa shape index (κ1) is 17.0. The molecule has 0 unspecified atom stereocenters. The highest BCUT2D eigenvalue weighted by atomic mass is 35.5. The van der Waals surface area contributed by atoms with Crippen molar-refractivity contribution in [2.24, 2.45) is 11.1 Å². The van der Waals surface area contributed by atoms with Gasteiger partial charge in [0.2, 0.25) is 0 Å². The van der Waals surface area contributed by atoms with Crippen molar-refractivity contribution in [2.45, 2.75) is 6.10 Å². The zero-order valence-electron chi connectivity index (χ0n) is 11.2. The molecule has 1 heterocycles. The molecule has 4 N–H and O–H groups in total. The van der Waals surface area contributed by atoms with Crippen LogP contribution in [0.5, 0.6) is 0 Å². The van der Waals surface area contributed by atoms with E-state index in [9.17, 15) is 8.42 Å². The molecule has 0 spiro atoms. The molecule has 1 aliphatic rings. The summed E-state index contributed by atoms with van der Waals surface area (Å²) in [6, 6.07) is 5.27. The Morgan fingerprint density at radius 1 is 1.38 bits per heavy atom. The van der Waals surface area contributed by atoms with Gasteiger partial charge >= 0.3 is 0 Å². The van der Waals surface area contributed by atoms with Gasteiger partial charge in [-0.25, -0.2) is 9.86 Å². The highest BCUT2D eigenvalue weighted by Crippen LogP contribution is 2.31. The van der Waals surface area contributed by atoms with Crippen molar-refractivity contribution in [2.75, 3.05) is 26.2 Å². The number of nitrogens with two attached hydrogens (primary N) is 1. The van der Waals surface area contributed by atoms with Crippen LogP contribution in [0.2, 0.25) is 10.0 Å². The Morgan fingerprint density at radius 2 is 2.14 bits per heavy atom. The van der Waals surface area contributed by atoms with E-state index < -0.39 is 10.2 Å². The molecule has 1 aromatic rings. The van der Waals surface area contributed by atoms with Gasteiger partial charge in [-0.1, -0.05) is 29.3 Å². The second-order valence-electron chi connectivity index (χ2n) is 4.82. The summed E-state index contributed by atoms with van der Waals surface area (Å²) in [7, 11) is -3.74. The second kappa shape index (κ2) is 7.23. The number of ether oxygens (including phenoxy) is 1. The van der Waals surface area contributed by atoms with Crippen LogP contribution in [0.4, 0.5) is 0 Å². The summed E-state index contributed by atoms with van der Waals surface area (Å²) in [5.41, 5.74) is 0.856. The molecule has 0 radical (unpaired) electrons. The highest BCUT2D eigenvalue weighted by Gasteiger charge is 2.27. The van der Waals surface area contributed by atoms with E-state index in [2.05, 4.69) is 10.0 Å². The van der Waals surface area contributed by atoms with E-state index in [1.54, 1.807) is 12.1 Å². The van der Waals surface area contributed by atoms with Crippen molar-refractivity contribution in [3.05, 3.63) is 33.8 Å². The summed E-state index contributed by atoms with van der Waals surface area (Å²) in [5.74, 6) is -0.108. The quantitative estimate of drug-likeness (QED) is 0.754. The summed E-state index contributed by atoms with van der Waals surface area (Å²) < 4.78 is 30.3. The first-order valence-electron chi connectivity index (χ1n) is 6.41. The number of hydrogen-bond donors (Lipinski definition) is 3. The molecule has 1 aliphatic heterocycles. The van der Waals surface area contributed by atoms with Gasteiger partial charge in [0.05, 0.1) is 22.8 Å². The van der Waals surface area contributed by atoms with Crippen LogP contribution in [0.3, 0.4) is 0 Å². The number of nitrogens with one attached hydrogen (secondary N) is 2. The zero-order chi connectivity index (χ0) is 15.5. The number of rotatable bonds is 4. The van der Waals surface area contributed by atoms with Crippen molar-refractivity contribution in [1.82, 2.24) is 10.0 Å². The molecule has 6 nitrogen and oxygen atoms in total. The summed E-state index contributed by atoms with van der Waals surface area (Å²) in [4.78, 5) is 0. The van der Waals surface area contributed by atoms with Crippen LogP contribution < -0.4 is 15.2 Å². The molecule has 0 saturated carbocycles. The Hall–Kier alpha value is -0.410. The number of benzene rings is 1. The Labute approximate surface area is 134 Å². The van der Waals surface area contributed by atoms with Crippen LogP contribution >= 0.6 is 23.2 Å².